The Labute approximate surface area is 217 Å². The van der Waals surface area contributed by atoms with E-state index in [1.165, 1.54) is 60.9 Å². The molecule has 0 saturated heterocycles. The van der Waals surface area contributed by atoms with Crippen LogP contribution in [0.4, 0.5) is 17.1 Å². The maximum Gasteiger partial charge on any atom is 0.333 e. The predicted octanol–water partition coefficient (Wildman–Crippen LogP) is 6.90. The van der Waals surface area contributed by atoms with Gasteiger partial charge in [-0.2, -0.15) is 0 Å². The lowest BCUT2D eigenvalue weighted by Gasteiger charge is -2.41. The second-order valence-corrected chi connectivity index (χ2v) is 11.2. The summed E-state index contributed by atoms with van der Waals surface area (Å²) in [4.78, 5) is 7.53. The zero-order valence-corrected chi connectivity index (χ0v) is 21.2. The van der Waals surface area contributed by atoms with Crippen LogP contribution < -0.4 is 15.8 Å². The highest BCUT2D eigenvalue weighted by atomic mass is 15.2. The number of pyridine rings is 1. The molecule has 6 aromatic rings. The molecule has 2 aliphatic rings. The molecule has 0 fully saturated rings. The van der Waals surface area contributed by atoms with Gasteiger partial charge in [-0.3, -0.25) is 4.98 Å². The van der Waals surface area contributed by atoms with Crippen molar-refractivity contribution in [2.45, 2.75) is 26.2 Å². The van der Waals surface area contributed by atoms with E-state index in [0.717, 1.165) is 5.69 Å². The van der Waals surface area contributed by atoms with E-state index in [-0.39, 0.29) is 12.3 Å². The van der Waals surface area contributed by atoms with Gasteiger partial charge in [-0.05, 0) is 58.3 Å². The van der Waals surface area contributed by atoms with Crippen LogP contribution in [-0.4, -0.2) is 16.3 Å². The van der Waals surface area contributed by atoms with Crippen molar-refractivity contribution in [1.82, 2.24) is 9.46 Å². The molecule has 0 saturated carbocycles. The Balaban J connectivity index is 1.61. The van der Waals surface area contributed by atoms with Crippen molar-refractivity contribution in [3.63, 3.8) is 0 Å². The molecule has 4 heteroatoms. The Kier molecular flexibility index (Phi) is 4.02. The molecular formula is C33H26BN3. The minimum absolute atomic E-state index is 0.0263. The molecule has 37 heavy (non-hydrogen) atoms. The first-order valence-corrected chi connectivity index (χ1v) is 13.0. The van der Waals surface area contributed by atoms with Crippen LogP contribution in [0.3, 0.4) is 0 Å². The monoisotopic (exact) mass is 475 g/mol. The molecule has 176 valence electrons. The molecular weight excluding hydrogens is 449 g/mol. The van der Waals surface area contributed by atoms with Crippen LogP contribution in [0.2, 0.25) is 0 Å². The van der Waals surface area contributed by atoms with Crippen LogP contribution in [0.1, 0.15) is 26.3 Å². The summed E-state index contributed by atoms with van der Waals surface area (Å²) < 4.78 is 2.56. The van der Waals surface area contributed by atoms with Crippen molar-refractivity contribution >= 4 is 56.6 Å². The maximum atomic E-state index is 5.10. The van der Waals surface area contributed by atoms with Gasteiger partial charge in [-0.1, -0.05) is 81.4 Å². The number of fused-ring (bicyclic) bond motifs is 7. The number of hydrogen-bond donors (Lipinski definition) is 0. The van der Waals surface area contributed by atoms with Gasteiger partial charge in [-0.15, -0.1) is 0 Å². The maximum absolute atomic E-state index is 5.10. The van der Waals surface area contributed by atoms with E-state index in [0.29, 0.717) is 0 Å². The van der Waals surface area contributed by atoms with Crippen LogP contribution in [-0.2, 0) is 5.41 Å². The van der Waals surface area contributed by atoms with Gasteiger partial charge in [-0.25, -0.2) is 0 Å². The average molecular weight is 475 g/mol. The van der Waals surface area contributed by atoms with Gasteiger partial charge in [0.2, 0.25) is 0 Å². The van der Waals surface area contributed by atoms with Crippen LogP contribution in [0.25, 0.3) is 33.1 Å². The molecule has 0 aliphatic carbocycles. The summed E-state index contributed by atoms with van der Waals surface area (Å²) in [5, 5.41) is 2.57. The van der Waals surface area contributed by atoms with Crippen molar-refractivity contribution in [3.05, 3.63) is 109 Å². The van der Waals surface area contributed by atoms with Gasteiger partial charge in [0.1, 0.15) is 0 Å². The average Bonchev–Trinajstić information content (AvgIpc) is 3.26. The normalized spacial score (nSPS) is 13.7. The zero-order chi connectivity index (χ0) is 24.9. The molecule has 3 nitrogen and oxygen atoms in total. The Morgan fingerprint density at radius 3 is 2.30 bits per heavy atom. The summed E-state index contributed by atoms with van der Waals surface area (Å²) in [6.07, 6.45) is 1.99. The number of benzene rings is 4. The van der Waals surface area contributed by atoms with Gasteiger partial charge >= 0.3 is 6.85 Å². The number of nitrogens with zero attached hydrogens (tertiary/aromatic N) is 3. The number of hydrogen-bond acceptors (Lipinski definition) is 2. The largest absolute Gasteiger partial charge is 0.374 e. The van der Waals surface area contributed by atoms with E-state index in [4.69, 9.17) is 4.98 Å². The van der Waals surface area contributed by atoms with Gasteiger partial charge in [0.05, 0.1) is 11.2 Å². The third-order valence-corrected chi connectivity index (χ3v) is 8.15. The van der Waals surface area contributed by atoms with Crippen molar-refractivity contribution in [3.8, 4) is 11.3 Å². The topological polar surface area (TPSA) is 21.1 Å². The lowest BCUT2D eigenvalue weighted by atomic mass is 9.44. The fourth-order valence-corrected chi connectivity index (χ4v) is 6.69. The SMILES string of the molecule is CC(C)(C)c1ccc2c3c1-c1nccc4c5ccccc5n(c14)B3c1ccccc1N2c1ccccc1. The molecule has 8 rings (SSSR count). The molecule has 2 aromatic heterocycles. The molecule has 4 heterocycles. The number of aromatic nitrogens is 2. The zero-order valence-electron chi connectivity index (χ0n) is 21.2. The van der Waals surface area contributed by atoms with E-state index in [1.54, 1.807) is 0 Å². The Hall–Kier alpha value is -4.31. The van der Waals surface area contributed by atoms with Crippen molar-refractivity contribution in [2.75, 3.05) is 4.90 Å². The molecule has 0 N–H and O–H groups in total. The lowest BCUT2D eigenvalue weighted by molar-refractivity contribution is 0.592. The number of anilines is 3. The summed E-state index contributed by atoms with van der Waals surface area (Å²) in [5.41, 5.74) is 12.5. The van der Waals surface area contributed by atoms with Crippen LogP contribution in [0.15, 0.2) is 103 Å². The minimum Gasteiger partial charge on any atom is -0.374 e. The summed E-state index contributed by atoms with van der Waals surface area (Å²) in [6, 6.07) is 35.4. The van der Waals surface area contributed by atoms with E-state index < -0.39 is 0 Å². The molecule has 0 amide bonds. The third-order valence-electron chi connectivity index (χ3n) is 8.15. The van der Waals surface area contributed by atoms with Gasteiger partial charge < -0.3 is 9.38 Å². The summed E-state index contributed by atoms with van der Waals surface area (Å²) >= 11 is 0. The standard InChI is InChI=1S/C33H26BN3/c1-33(2,3)24-17-18-28-30-29(24)31-32-23(19-20-35-31)22-13-7-9-15-26(22)37(32)34(30)25-14-8-10-16-27(25)36(28)21-11-5-4-6-12-21/h4-20H,1-3H3. The summed E-state index contributed by atoms with van der Waals surface area (Å²) in [6.45, 7) is 7.02. The molecule has 4 aromatic carbocycles. The highest BCUT2D eigenvalue weighted by molar-refractivity contribution is 6.90. The second kappa shape index (κ2) is 7.13. The molecule has 0 spiro atoms. The Bertz CT molecular complexity index is 1880. The van der Waals surface area contributed by atoms with E-state index in [1.807, 2.05) is 6.20 Å². The number of rotatable bonds is 1. The van der Waals surface area contributed by atoms with Crippen LogP contribution in [0, 0.1) is 0 Å². The van der Waals surface area contributed by atoms with Crippen molar-refractivity contribution in [1.29, 1.82) is 0 Å². The van der Waals surface area contributed by atoms with Crippen LogP contribution >= 0.6 is 0 Å². The van der Waals surface area contributed by atoms with Gasteiger partial charge in [0, 0.05) is 45.1 Å². The van der Waals surface area contributed by atoms with Gasteiger partial charge in [0.25, 0.3) is 0 Å². The first kappa shape index (κ1) is 20.8. The molecule has 2 aliphatic heterocycles. The Morgan fingerprint density at radius 1 is 0.703 bits per heavy atom. The smallest absolute Gasteiger partial charge is 0.333 e. The van der Waals surface area contributed by atoms with Crippen LogP contribution in [0.5, 0.6) is 0 Å². The van der Waals surface area contributed by atoms with Crippen molar-refractivity contribution in [2.24, 2.45) is 0 Å². The highest BCUT2D eigenvalue weighted by Gasteiger charge is 2.44. The first-order chi connectivity index (χ1) is 18.0. The van der Waals surface area contributed by atoms with Crippen molar-refractivity contribution < 1.29 is 0 Å². The molecule has 0 radical (unpaired) electrons. The predicted molar refractivity (Wildman–Crippen MR) is 156 cm³/mol. The van der Waals surface area contributed by atoms with E-state index in [2.05, 4.69) is 127 Å². The fourth-order valence-electron chi connectivity index (χ4n) is 6.69. The molecule has 0 atom stereocenters. The minimum atomic E-state index is -0.0263. The second-order valence-electron chi connectivity index (χ2n) is 11.2. The summed E-state index contributed by atoms with van der Waals surface area (Å²) in [7, 11) is 0. The fraction of sp³-hybridized carbons (Fsp3) is 0.121. The highest BCUT2D eigenvalue weighted by Crippen LogP contribution is 2.46. The lowest BCUT2D eigenvalue weighted by Crippen LogP contribution is -2.57. The summed E-state index contributed by atoms with van der Waals surface area (Å²) in [5.74, 6) is 0. The van der Waals surface area contributed by atoms with E-state index in [9.17, 15) is 0 Å². The third kappa shape index (κ3) is 2.65. The van der Waals surface area contributed by atoms with Gasteiger partial charge in [0.15, 0.2) is 0 Å². The quantitative estimate of drug-likeness (QED) is 0.241. The van der Waals surface area contributed by atoms with E-state index >= 15 is 0 Å². The first-order valence-electron chi connectivity index (χ1n) is 13.0. The molecule has 0 unspecified atom stereocenters. The Morgan fingerprint density at radius 2 is 1.46 bits per heavy atom. The number of para-hydroxylation sites is 3. The molecule has 0 bridgehead atoms.